The minimum absolute atomic E-state index is 0.0183. The molecule has 2 N–H and O–H groups in total. The molecule has 0 spiro atoms. The van der Waals surface area contributed by atoms with Crippen molar-refractivity contribution in [1.82, 2.24) is 5.32 Å². The van der Waals surface area contributed by atoms with Crippen LogP contribution in [-0.2, 0) is 11.3 Å². The summed E-state index contributed by atoms with van der Waals surface area (Å²) in [5.74, 6) is -0.711. The van der Waals surface area contributed by atoms with Crippen molar-refractivity contribution in [3.05, 3.63) is 65.5 Å². The second-order valence-corrected chi connectivity index (χ2v) is 6.17. The number of carbonyl (C=O) groups is 2. The summed E-state index contributed by atoms with van der Waals surface area (Å²) in [4.78, 5) is 24.5. The zero-order chi connectivity index (χ0) is 17.1. The highest BCUT2D eigenvalue weighted by Crippen LogP contribution is 2.38. The maximum Gasteiger partial charge on any atom is 0.253 e. The van der Waals surface area contributed by atoms with Gasteiger partial charge in [0, 0.05) is 12.5 Å². The van der Waals surface area contributed by atoms with E-state index in [9.17, 15) is 14.0 Å². The first-order valence-corrected chi connectivity index (χ1v) is 7.97. The van der Waals surface area contributed by atoms with Gasteiger partial charge in [-0.05, 0) is 36.1 Å². The summed E-state index contributed by atoms with van der Waals surface area (Å²) >= 11 is 0. The Bertz CT molecular complexity index is 761. The monoisotopic (exact) mass is 326 g/mol. The van der Waals surface area contributed by atoms with Gasteiger partial charge in [-0.1, -0.05) is 37.3 Å². The molecule has 0 bridgehead atoms. The van der Waals surface area contributed by atoms with E-state index in [-0.39, 0.29) is 17.4 Å². The van der Waals surface area contributed by atoms with Crippen molar-refractivity contribution in [2.24, 2.45) is 11.8 Å². The van der Waals surface area contributed by atoms with Gasteiger partial charge in [0.25, 0.3) is 5.91 Å². The summed E-state index contributed by atoms with van der Waals surface area (Å²) in [6, 6.07) is 13.2. The molecule has 1 saturated carbocycles. The van der Waals surface area contributed by atoms with Crippen molar-refractivity contribution in [3.63, 3.8) is 0 Å². The van der Waals surface area contributed by atoms with Gasteiger partial charge in [0.2, 0.25) is 5.91 Å². The molecule has 3 rings (SSSR count). The molecule has 0 radical (unpaired) electrons. The molecule has 0 unspecified atom stereocenters. The van der Waals surface area contributed by atoms with Gasteiger partial charge in [0.1, 0.15) is 5.82 Å². The second kappa shape index (κ2) is 6.83. The number of benzene rings is 2. The Morgan fingerprint density at radius 1 is 1.17 bits per heavy atom. The Morgan fingerprint density at radius 3 is 2.54 bits per heavy atom. The van der Waals surface area contributed by atoms with Crippen LogP contribution >= 0.6 is 0 Å². The van der Waals surface area contributed by atoms with Crippen LogP contribution in [0.15, 0.2) is 48.5 Å². The number of hydrogen-bond donors (Lipinski definition) is 2. The molecule has 24 heavy (non-hydrogen) atoms. The Kier molecular flexibility index (Phi) is 4.60. The Labute approximate surface area is 140 Å². The van der Waals surface area contributed by atoms with E-state index in [1.165, 1.54) is 12.1 Å². The summed E-state index contributed by atoms with van der Waals surface area (Å²) in [6.07, 6.45) is 0.850. The van der Waals surface area contributed by atoms with Crippen molar-refractivity contribution in [2.75, 3.05) is 5.32 Å². The molecule has 1 aliphatic carbocycles. The topological polar surface area (TPSA) is 58.2 Å². The first kappa shape index (κ1) is 16.2. The molecule has 1 aliphatic rings. The van der Waals surface area contributed by atoms with Gasteiger partial charge in [-0.3, -0.25) is 9.59 Å². The third-order valence-corrected chi connectivity index (χ3v) is 4.23. The molecule has 2 atom stereocenters. The van der Waals surface area contributed by atoms with E-state index in [4.69, 9.17) is 0 Å². The maximum absolute atomic E-state index is 13.5. The third-order valence-electron chi connectivity index (χ3n) is 4.23. The first-order chi connectivity index (χ1) is 11.5. The van der Waals surface area contributed by atoms with Crippen molar-refractivity contribution in [3.8, 4) is 0 Å². The molecule has 2 aromatic rings. The van der Waals surface area contributed by atoms with Gasteiger partial charge in [0.15, 0.2) is 0 Å². The fraction of sp³-hybridized carbons (Fsp3) is 0.263. The first-order valence-electron chi connectivity index (χ1n) is 7.97. The van der Waals surface area contributed by atoms with Gasteiger partial charge in [-0.25, -0.2) is 4.39 Å². The predicted molar refractivity (Wildman–Crippen MR) is 89.9 cm³/mol. The minimum Gasteiger partial charge on any atom is -0.348 e. The highest BCUT2D eigenvalue weighted by molar-refractivity contribution is 6.04. The molecule has 0 heterocycles. The Morgan fingerprint density at radius 2 is 1.88 bits per heavy atom. The standard InChI is InChI=1S/C19H19FN2O2/c1-12-9-15(12)19(24)22-17-8-7-14(20)10-16(17)18(23)21-11-13-5-3-2-4-6-13/h2-8,10,12,15H,9,11H2,1H3,(H,21,23)(H,22,24)/t12-,15+/m1/s1. The molecule has 5 heteroatoms. The molecule has 0 aliphatic heterocycles. The van der Waals surface area contributed by atoms with Gasteiger partial charge < -0.3 is 10.6 Å². The number of anilines is 1. The smallest absolute Gasteiger partial charge is 0.253 e. The van der Waals surface area contributed by atoms with Gasteiger partial charge in [0.05, 0.1) is 11.3 Å². The van der Waals surface area contributed by atoms with E-state index in [1.807, 2.05) is 37.3 Å². The lowest BCUT2D eigenvalue weighted by molar-refractivity contribution is -0.117. The lowest BCUT2D eigenvalue weighted by Crippen LogP contribution is -2.25. The molecular weight excluding hydrogens is 307 g/mol. The number of rotatable bonds is 5. The van der Waals surface area contributed by atoms with E-state index < -0.39 is 11.7 Å². The third kappa shape index (κ3) is 3.79. The van der Waals surface area contributed by atoms with Crippen LogP contribution < -0.4 is 10.6 Å². The van der Waals surface area contributed by atoms with Gasteiger partial charge >= 0.3 is 0 Å². The minimum atomic E-state index is -0.516. The van der Waals surface area contributed by atoms with Crippen molar-refractivity contribution in [2.45, 2.75) is 19.9 Å². The summed E-state index contributed by atoms with van der Waals surface area (Å²) in [5, 5.41) is 5.50. The number of carbonyl (C=O) groups excluding carboxylic acids is 2. The van der Waals surface area contributed by atoms with E-state index in [2.05, 4.69) is 10.6 Å². The Hall–Kier alpha value is -2.69. The molecule has 0 aromatic heterocycles. The van der Waals surface area contributed by atoms with Gasteiger partial charge in [-0.2, -0.15) is 0 Å². The molecule has 1 fully saturated rings. The average molecular weight is 326 g/mol. The van der Waals surface area contributed by atoms with Crippen LogP contribution in [0.5, 0.6) is 0 Å². The second-order valence-electron chi connectivity index (χ2n) is 6.17. The number of hydrogen-bond acceptors (Lipinski definition) is 2. The summed E-state index contributed by atoms with van der Waals surface area (Å²) in [6.45, 7) is 2.34. The van der Waals surface area contributed by atoms with E-state index in [0.717, 1.165) is 18.1 Å². The van der Waals surface area contributed by atoms with E-state index in [0.29, 0.717) is 18.2 Å². The van der Waals surface area contributed by atoms with E-state index in [1.54, 1.807) is 0 Å². The van der Waals surface area contributed by atoms with Gasteiger partial charge in [-0.15, -0.1) is 0 Å². The SMILES string of the molecule is C[C@@H]1C[C@@H]1C(=O)Nc1ccc(F)cc1C(=O)NCc1ccccc1. The fourth-order valence-electron chi connectivity index (χ4n) is 2.60. The quantitative estimate of drug-likeness (QED) is 0.885. The number of halogens is 1. The van der Waals surface area contributed by atoms with Crippen LogP contribution in [-0.4, -0.2) is 11.8 Å². The predicted octanol–water partition coefficient (Wildman–Crippen LogP) is 3.35. The van der Waals surface area contributed by atoms with Crippen molar-refractivity contribution in [1.29, 1.82) is 0 Å². The van der Waals surface area contributed by atoms with Crippen molar-refractivity contribution >= 4 is 17.5 Å². The highest BCUT2D eigenvalue weighted by Gasteiger charge is 2.39. The fourth-order valence-corrected chi connectivity index (χ4v) is 2.60. The number of amides is 2. The Balaban J connectivity index is 1.72. The molecule has 2 aromatic carbocycles. The van der Waals surface area contributed by atoms with E-state index >= 15 is 0 Å². The molecule has 0 saturated heterocycles. The maximum atomic E-state index is 13.5. The summed E-state index contributed by atoms with van der Waals surface area (Å²) in [7, 11) is 0. The number of nitrogens with one attached hydrogen (secondary N) is 2. The van der Waals surface area contributed by atoms with Crippen LogP contribution in [0.4, 0.5) is 10.1 Å². The van der Waals surface area contributed by atoms with Crippen LogP contribution in [0.25, 0.3) is 0 Å². The average Bonchev–Trinajstić information content (AvgIpc) is 3.32. The highest BCUT2D eigenvalue weighted by atomic mass is 19.1. The molecule has 2 amide bonds. The molecular formula is C19H19FN2O2. The van der Waals surface area contributed by atoms with Crippen LogP contribution in [0.1, 0.15) is 29.3 Å². The molecule has 124 valence electrons. The lowest BCUT2D eigenvalue weighted by Gasteiger charge is -2.12. The summed E-state index contributed by atoms with van der Waals surface area (Å²) in [5.41, 5.74) is 1.42. The van der Waals surface area contributed by atoms with Crippen LogP contribution in [0, 0.1) is 17.7 Å². The normalized spacial score (nSPS) is 18.8. The largest absolute Gasteiger partial charge is 0.348 e. The van der Waals surface area contributed by atoms with Crippen LogP contribution in [0.2, 0.25) is 0 Å². The zero-order valence-corrected chi connectivity index (χ0v) is 13.4. The molecule has 4 nitrogen and oxygen atoms in total. The lowest BCUT2D eigenvalue weighted by atomic mass is 10.1. The van der Waals surface area contributed by atoms with Crippen LogP contribution in [0.3, 0.4) is 0 Å². The van der Waals surface area contributed by atoms with Crippen molar-refractivity contribution < 1.29 is 14.0 Å². The summed E-state index contributed by atoms with van der Waals surface area (Å²) < 4.78 is 13.5. The zero-order valence-electron chi connectivity index (χ0n) is 13.4.